The molecular formula is C17H23F3N2O2. The van der Waals surface area contributed by atoms with Gasteiger partial charge in [0.1, 0.15) is 0 Å². The fraction of sp³-hybridized carbons (Fsp3) is 0.588. The summed E-state index contributed by atoms with van der Waals surface area (Å²) < 4.78 is 38.6. The molecule has 4 nitrogen and oxygen atoms in total. The zero-order valence-electron chi connectivity index (χ0n) is 13.6. The highest BCUT2D eigenvalue weighted by molar-refractivity contribution is 5.74. The van der Waals surface area contributed by atoms with E-state index in [1.807, 2.05) is 4.90 Å². The summed E-state index contributed by atoms with van der Waals surface area (Å²) in [5.41, 5.74) is 3.28. The Kier molecular flexibility index (Phi) is 5.55. The van der Waals surface area contributed by atoms with Crippen molar-refractivity contribution >= 4 is 5.91 Å². The lowest BCUT2D eigenvalue weighted by Crippen LogP contribution is -2.44. The number of hydrogen-bond donors (Lipinski definition) is 2. The van der Waals surface area contributed by atoms with Gasteiger partial charge in [-0.25, -0.2) is 0 Å². The molecule has 1 amide bonds. The number of hydrogen-bond acceptors (Lipinski definition) is 3. The molecule has 2 unspecified atom stereocenters. The van der Waals surface area contributed by atoms with Crippen molar-refractivity contribution in [2.24, 2.45) is 11.7 Å². The average Bonchev–Trinajstić information content (AvgIpc) is 2.45. The first kappa shape index (κ1) is 18.7. The van der Waals surface area contributed by atoms with Gasteiger partial charge in [-0.3, -0.25) is 9.69 Å². The maximum atomic E-state index is 12.9. The molecule has 0 saturated carbocycles. The highest BCUT2D eigenvalue weighted by Gasteiger charge is 2.34. The summed E-state index contributed by atoms with van der Waals surface area (Å²) in [5.74, 6) is -0.222. The molecule has 0 aliphatic carbocycles. The number of primary amides is 1. The van der Waals surface area contributed by atoms with Gasteiger partial charge in [0.05, 0.1) is 11.2 Å². The van der Waals surface area contributed by atoms with Gasteiger partial charge in [-0.2, -0.15) is 13.2 Å². The molecule has 3 N–H and O–H groups in total. The second kappa shape index (κ2) is 7.11. The normalized spacial score (nSPS) is 22.1. The van der Waals surface area contributed by atoms with E-state index in [1.54, 1.807) is 0 Å². The van der Waals surface area contributed by atoms with E-state index in [0.29, 0.717) is 13.0 Å². The van der Waals surface area contributed by atoms with E-state index in [1.165, 1.54) is 19.1 Å². The van der Waals surface area contributed by atoms with Crippen molar-refractivity contribution < 1.29 is 23.1 Å². The molecule has 1 aromatic carbocycles. The molecule has 1 aliphatic heterocycles. The first-order valence-corrected chi connectivity index (χ1v) is 7.99. The van der Waals surface area contributed by atoms with E-state index in [0.717, 1.165) is 31.5 Å². The minimum absolute atomic E-state index is 0.133. The summed E-state index contributed by atoms with van der Waals surface area (Å²) in [6.07, 6.45) is -2.38. The Morgan fingerprint density at radius 3 is 2.67 bits per heavy atom. The van der Waals surface area contributed by atoms with E-state index in [4.69, 9.17) is 5.73 Å². The van der Waals surface area contributed by atoms with Gasteiger partial charge in [0.2, 0.25) is 5.91 Å². The van der Waals surface area contributed by atoms with Gasteiger partial charge in [0.25, 0.3) is 0 Å². The molecule has 1 aromatic rings. The van der Waals surface area contributed by atoms with Crippen LogP contribution in [0.2, 0.25) is 0 Å². The van der Waals surface area contributed by atoms with Gasteiger partial charge in [0.15, 0.2) is 0 Å². The van der Waals surface area contributed by atoms with Crippen molar-refractivity contribution in [3.63, 3.8) is 0 Å². The third kappa shape index (κ3) is 4.95. The summed E-state index contributed by atoms with van der Waals surface area (Å²) in [5, 5.41) is 10.7. The predicted octanol–water partition coefficient (Wildman–Crippen LogP) is 2.50. The number of benzene rings is 1. The fourth-order valence-corrected chi connectivity index (χ4v) is 3.30. The van der Waals surface area contributed by atoms with Crippen LogP contribution < -0.4 is 5.73 Å². The molecular weight excluding hydrogens is 321 g/mol. The minimum atomic E-state index is -4.44. The zero-order valence-corrected chi connectivity index (χ0v) is 13.6. The minimum Gasteiger partial charge on any atom is -0.384 e. The van der Waals surface area contributed by atoms with Gasteiger partial charge >= 0.3 is 6.18 Å². The number of halogens is 3. The molecule has 1 heterocycles. The maximum absolute atomic E-state index is 12.9. The standard InChI is InChI=1S/C17H23F3N2O2/c1-16(24,13-5-2-6-14(9-13)17(18,19)20)11-22-7-3-4-12(10-22)8-15(21)23/h2,5-6,9,12,24H,3-4,7-8,10-11H2,1H3,(H2,21,23). The number of aliphatic hydroxyl groups is 1. The largest absolute Gasteiger partial charge is 0.416 e. The molecule has 0 spiro atoms. The van der Waals surface area contributed by atoms with Crippen LogP contribution in [0.5, 0.6) is 0 Å². The van der Waals surface area contributed by atoms with Crippen LogP contribution in [0.4, 0.5) is 13.2 Å². The van der Waals surface area contributed by atoms with Crippen molar-refractivity contribution in [2.45, 2.75) is 38.0 Å². The van der Waals surface area contributed by atoms with E-state index >= 15 is 0 Å². The quantitative estimate of drug-likeness (QED) is 0.862. The summed E-state index contributed by atoms with van der Waals surface area (Å²) in [7, 11) is 0. The number of amides is 1. The Bertz CT molecular complexity index is 587. The van der Waals surface area contributed by atoms with Crippen LogP contribution in [-0.2, 0) is 16.6 Å². The number of likely N-dealkylation sites (tertiary alicyclic amines) is 1. The van der Waals surface area contributed by atoms with E-state index in [2.05, 4.69) is 0 Å². The summed E-state index contributed by atoms with van der Waals surface area (Å²) in [6, 6.07) is 4.78. The van der Waals surface area contributed by atoms with Gasteiger partial charge in [-0.15, -0.1) is 0 Å². The van der Waals surface area contributed by atoms with Crippen molar-refractivity contribution in [1.29, 1.82) is 0 Å². The molecule has 1 saturated heterocycles. The number of β-amino-alcohol motifs (C(OH)–C–C–N with tert-alkyl or cyclic N) is 1. The number of piperidine rings is 1. The molecule has 0 aromatic heterocycles. The lowest BCUT2D eigenvalue weighted by atomic mass is 9.90. The first-order valence-electron chi connectivity index (χ1n) is 7.99. The Balaban J connectivity index is 2.09. The monoisotopic (exact) mass is 344 g/mol. The van der Waals surface area contributed by atoms with Gasteiger partial charge in [-0.05, 0) is 49.9 Å². The number of rotatable bonds is 5. The van der Waals surface area contributed by atoms with Crippen LogP contribution in [0.25, 0.3) is 0 Å². The molecule has 1 aliphatic rings. The fourth-order valence-electron chi connectivity index (χ4n) is 3.30. The predicted molar refractivity (Wildman–Crippen MR) is 84.0 cm³/mol. The smallest absolute Gasteiger partial charge is 0.384 e. The highest BCUT2D eigenvalue weighted by atomic mass is 19.4. The SMILES string of the molecule is CC(O)(CN1CCCC(CC(N)=O)C1)c1cccc(C(F)(F)F)c1. The number of nitrogens with zero attached hydrogens (tertiary/aromatic N) is 1. The Labute approximate surface area is 139 Å². The molecule has 1 fully saturated rings. The molecule has 0 bridgehead atoms. The Morgan fingerprint density at radius 2 is 2.04 bits per heavy atom. The number of carbonyl (C=O) groups excluding carboxylic acids is 1. The van der Waals surface area contributed by atoms with Gasteiger partial charge < -0.3 is 10.8 Å². The highest BCUT2D eigenvalue weighted by Crippen LogP contribution is 2.33. The van der Waals surface area contributed by atoms with Crippen LogP contribution >= 0.6 is 0 Å². The summed E-state index contributed by atoms with van der Waals surface area (Å²) in [4.78, 5) is 13.0. The molecule has 134 valence electrons. The number of alkyl halides is 3. The average molecular weight is 344 g/mol. The zero-order chi connectivity index (χ0) is 18.0. The van der Waals surface area contributed by atoms with Crippen LogP contribution in [0, 0.1) is 5.92 Å². The van der Waals surface area contributed by atoms with Crippen LogP contribution in [0.3, 0.4) is 0 Å². The van der Waals surface area contributed by atoms with E-state index in [9.17, 15) is 23.1 Å². The Morgan fingerprint density at radius 1 is 1.38 bits per heavy atom. The number of nitrogens with two attached hydrogens (primary N) is 1. The summed E-state index contributed by atoms with van der Waals surface area (Å²) >= 11 is 0. The van der Waals surface area contributed by atoms with Gasteiger partial charge in [0, 0.05) is 19.5 Å². The number of carbonyl (C=O) groups is 1. The molecule has 2 atom stereocenters. The van der Waals surface area contributed by atoms with E-state index in [-0.39, 0.29) is 23.9 Å². The second-order valence-corrected chi connectivity index (χ2v) is 6.77. The molecule has 2 rings (SSSR count). The third-order valence-electron chi connectivity index (χ3n) is 4.44. The van der Waals surface area contributed by atoms with E-state index < -0.39 is 17.3 Å². The topological polar surface area (TPSA) is 66.6 Å². The van der Waals surface area contributed by atoms with Crippen molar-refractivity contribution in [3.05, 3.63) is 35.4 Å². The van der Waals surface area contributed by atoms with Crippen molar-refractivity contribution in [3.8, 4) is 0 Å². The van der Waals surface area contributed by atoms with Crippen LogP contribution in [0.15, 0.2) is 24.3 Å². The lowest BCUT2D eigenvalue weighted by Gasteiger charge is -2.37. The van der Waals surface area contributed by atoms with Crippen molar-refractivity contribution in [2.75, 3.05) is 19.6 Å². The Hall–Kier alpha value is -1.60. The van der Waals surface area contributed by atoms with Crippen LogP contribution in [0.1, 0.15) is 37.3 Å². The molecule has 0 radical (unpaired) electrons. The first-order chi connectivity index (χ1) is 11.1. The summed E-state index contributed by atoms with van der Waals surface area (Å²) in [6.45, 7) is 3.08. The van der Waals surface area contributed by atoms with Crippen molar-refractivity contribution in [1.82, 2.24) is 4.90 Å². The molecule has 24 heavy (non-hydrogen) atoms. The third-order valence-corrected chi connectivity index (χ3v) is 4.44. The molecule has 7 heteroatoms. The second-order valence-electron chi connectivity index (χ2n) is 6.77. The lowest BCUT2D eigenvalue weighted by molar-refractivity contribution is -0.137. The van der Waals surface area contributed by atoms with Gasteiger partial charge in [-0.1, -0.05) is 12.1 Å². The maximum Gasteiger partial charge on any atom is 0.416 e. The van der Waals surface area contributed by atoms with Crippen LogP contribution in [-0.4, -0.2) is 35.5 Å².